The highest BCUT2D eigenvalue weighted by Crippen LogP contribution is 2.22. The van der Waals surface area contributed by atoms with Gasteiger partial charge in [-0.3, -0.25) is 0 Å². The van der Waals surface area contributed by atoms with Gasteiger partial charge in [0.2, 0.25) is 0 Å². The van der Waals surface area contributed by atoms with Gasteiger partial charge in [0, 0.05) is 7.05 Å². The van der Waals surface area contributed by atoms with Crippen molar-refractivity contribution in [3.05, 3.63) is 41.7 Å². The van der Waals surface area contributed by atoms with Gasteiger partial charge in [-0.15, -0.1) is 5.10 Å². The topological polar surface area (TPSA) is 60.2 Å². The minimum Gasteiger partial charge on any atom is -0.494 e. The van der Waals surface area contributed by atoms with Crippen molar-refractivity contribution in [1.82, 2.24) is 15.0 Å². The number of nitrogens with zero attached hydrogens (tertiary/aromatic N) is 3. The second kappa shape index (κ2) is 4.97. The monoisotopic (exact) mass is 233 g/mol. The van der Waals surface area contributed by atoms with Gasteiger partial charge in [-0.2, -0.15) is 0 Å². The molecule has 2 aromatic rings. The van der Waals surface area contributed by atoms with Crippen molar-refractivity contribution in [2.75, 3.05) is 6.61 Å². The summed E-state index contributed by atoms with van der Waals surface area (Å²) >= 11 is 0. The molecule has 0 saturated heterocycles. The molecule has 1 unspecified atom stereocenters. The molecule has 5 nitrogen and oxygen atoms in total. The van der Waals surface area contributed by atoms with Crippen molar-refractivity contribution < 1.29 is 9.84 Å². The molecular weight excluding hydrogens is 218 g/mol. The van der Waals surface area contributed by atoms with E-state index in [1.54, 1.807) is 17.9 Å². The quantitative estimate of drug-likeness (QED) is 0.864. The second-order valence-electron chi connectivity index (χ2n) is 3.69. The summed E-state index contributed by atoms with van der Waals surface area (Å²) in [4.78, 5) is 0. The van der Waals surface area contributed by atoms with E-state index in [-0.39, 0.29) is 0 Å². The summed E-state index contributed by atoms with van der Waals surface area (Å²) < 4.78 is 6.90. The first-order valence-corrected chi connectivity index (χ1v) is 5.47. The minimum absolute atomic E-state index is 0.632. The normalized spacial score (nSPS) is 12.4. The Hall–Kier alpha value is -1.88. The van der Waals surface area contributed by atoms with Gasteiger partial charge >= 0.3 is 0 Å². The molecule has 0 amide bonds. The molecule has 1 heterocycles. The van der Waals surface area contributed by atoms with Crippen LogP contribution in [0.5, 0.6) is 5.75 Å². The Morgan fingerprint density at radius 2 is 2.06 bits per heavy atom. The van der Waals surface area contributed by atoms with Gasteiger partial charge in [0.1, 0.15) is 11.9 Å². The molecular formula is C12H15N3O2. The van der Waals surface area contributed by atoms with Crippen LogP contribution in [-0.2, 0) is 7.05 Å². The molecule has 17 heavy (non-hydrogen) atoms. The lowest BCUT2D eigenvalue weighted by Gasteiger charge is -2.11. The average Bonchev–Trinajstić information content (AvgIpc) is 2.76. The highest BCUT2D eigenvalue weighted by molar-refractivity contribution is 5.31. The van der Waals surface area contributed by atoms with Gasteiger partial charge in [0.15, 0.2) is 0 Å². The first-order chi connectivity index (χ1) is 8.22. The number of benzene rings is 1. The summed E-state index contributed by atoms with van der Waals surface area (Å²) in [6.45, 7) is 2.57. The zero-order valence-corrected chi connectivity index (χ0v) is 9.87. The highest BCUT2D eigenvalue weighted by atomic mass is 16.5. The van der Waals surface area contributed by atoms with E-state index in [0.717, 1.165) is 11.3 Å². The fourth-order valence-corrected chi connectivity index (χ4v) is 1.63. The molecule has 5 heteroatoms. The Kier molecular flexibility index (Phi) is 3.39. The van der Waals surface area contributed by atoms with Crippen LogP contribution < -0.4 is 4.74 Å². The van der Waals surface area contributed by atoms with Crippen molar-refractivity contribution in [3.63, 3.8) is 0 Å². The van der Waals surface area contributed by atoms with Crippen LogP contribution in [-0.4, -0.2) is 26.7 Å². The van der Waals surface area contributed by atoms with Crippen molar-refractivity contribution in [2.45, 2.75) is 13.0 Å². The van der Waals surface area contributed by atoms with E-state index in [9.17, 15) is 5.11 Å². The first kappa shape index (κ1) is 11.6. The van der Waals surface area contributed by atoms with Crippen LogP contribution in [0, 0.1) is 0 Å². The van der Waals surface area contributed by atoms with E-state index in [1.165, 1.54) is 0 Å². The summed E-state index contributed by atoms with van der Waals surface area (Å²) in [7, 11) is 1.75. The third kappa shape index (κ3) is 2.45. The zero-order valence-electron chi connectivity index (χ0n) is 9.87. The lowest BCUT2D eigenvalue weighted by molar-refractivity contribution is 0.209. The molecule has 0 fully saturated rings. The fraction of sp³-hybridized carbons (Fsp3) is 0.333. The zero-order chi connectivity index (χ0) is 12.3. The maximum Gasteiger partial charge on any atom is 0.122 e. The lowest BCUT2D eigenvalue weighted by atomic mass is 10.1. The van der Waals surface area contributed by atoms with Crippen LogP contribution in [0.1, 0.15) is 24.3 Å². The number of rotatable bonds is 4. The van der Waals surface area contributed by atoms with E-state index in [4.69, 9.17) is 4.74 Å². The summed E-state index contributed by atoms with van der Waals surface area (Å²) in [6.07, 6.45) is 0.840. The van der Waals surface area contributed by atoms with Crippen LogP contribution in [0.3, 0.4) is 0 Å². The van der Waals surface area contributed by atoms with Crippen LogP contribution in [0.15, 0.2) is 30.5 Å². The maximum atomic E-state index is 10.1. The van der Waals surface area contributed by atoms with Gasteiger partial charge in [-0.05, 0) is 24.6 Å². The molecule has 1 N–H and O–H groups in total. The van der Waals surface area contributed by atoms with E-state index in [2.05, 4.69) is 10.3 Å². The Labute approximate surface area is 99.7 Å². The Balaban J connectivity index is 2.20. The number of aliphatic hydroxyl groups is 1. The smallest absolute Gasteiger partial charge is 0.122 e. The number of aliphatic hydroxyl groups excluding tert-OH is 1. The molecule has 0 aliphatic rings. The predicted octanol–water partition coefficient (Wildman–Crippen LogP) is 1.30. The molecule has 0 aliphatic heterocycles. The van der Waals surface area contributed by atoms with E-state index < -0.39 is 6.10 Å². The van der Waals surface area contributed by atoms with Crippen LogP contribution in [0.4, 0.5) is 0 Å². The summed E-state index contributed by atoms with van der Waals surface area (Å²) in [6, 6.07) is 7.35. The van der Waals surface area contributed by atoms with Gasteiger partial charge in [-0.25, -0.2) is 4.68 Å². The first-order valence-electron chi connectivity index (χ1n) is 5.47. The number of aromatic nitrogens is 3. The standard InChI is InChI=1S/C12H15N3O2/c1-3-17-10-6-4-9(5-7-10)12(16)11-8-13-14-15(11)2/h4-8,12,16H,3H2,1-2H3. The Morgan fingerprint density at radius 1 is 1.35 bits per heavy atom. The number of aryl methyl sites for hydroxylation is 1. The molecule has 1 aromatic heterocycles. The third-order valence-corrected chi connectivity index (χ3v) is 2.54. The van der Waals surface area contributed by atoms with Crippen molar-refractivity contribution in [3.8, 4) is 5.75 Å². The Morgan fingerprint density at radius 3 is 2.59 bits per heavy atom. The van der Waals surface area contributed by atoms with Crippen LogP contribution >= 0.6 is 0 Å². The Bertz CT molecular complexity index is 479. The fourth-order valence-electron chi connectivity index (χ4n) is 1.63. The third-order valence-electron chi connectivity index (χ3n) is 2.54. The predicted molar refractivity (Wildman–Crippen MR) is 62.7 cm³/mol. The largest absolute Gasteiger partial charge is 0.494 e. The summed E-state index contributed by atoms with van der Waals surface area (Å²) in [5, 5.41) is 17.7. The summed E-state index contributed by atoms with van der Waals surface area (Å²) in [5.74, 6) is 0.798. The van der Waals surface area contributed by atoms with Crippen molar-refractivity contribution in [1.29, 1.82) is 0 Å². The molecule has 1 atom stereocenters. The molecule has 0 saturated carbocycles. The number of ether oxygens (including phenoxy) is 1. The van der Waals surface area contributed by atoms with E-state index in [1.807, 2.05) is 31.2 Å². The van der Waals surface area contributed by atoms with Crippen LogP contribution in [0.2, 0.25) is 0 Å². The average molecular weight is 233 g/mol. The van der Waals surface area contributed by atoms with Crippen molar-refractivity contribution >= 4 is 0 Å². The molecule has 0 radical (unpaired) electrons. The van der Waals surface area contributed by atoms with Gasteiger partial charge in [0.05, 0.1) is 18.5 Å². The molecule has 0 aliphatic carbocycles. The SMILES string of the molecule is CCOc1ccc(C(O)c2cnnn2C)cc1. The van der Waals surface area contributed by atoms with Crippen molar-refractivity contribution in [2.24, 2.45) is 7.05 Å². The number of hydrogen-bond donors (Lipinski definition) is 1. The highest BCUT2D eigenvalue weighted by Gasteiger charge is 2.14. The van der Waals surface area contributed by atoms with Gasteiger partial charge in [-0.1, -0.05) is 17.3 Å². The second-order valence-corrected chi connectivity index (χ2v) is 3.69. The van der Waals surface area contributed by atoms with E-state index in [0.29, 0.717) is 12.3 Å². The summed E-state index contributed by atoms with van der Waals surface area (Å²) in [5.41, 5.74) is 1.45. The number of hydrogen-bond acceptors (Lipinski definition) is 4. The van der Waals surface area contributed by atoms with Gasteiger partial charge in [0.25, 0.3) is 0 Å². The molecule has 0 bridgehead atoms. The van der Waals surface area contributed by atoms with Gasteiger partial charge < -0.3 is 9.84 Å². The molecule has 1 aromatic carbocycles. The molecule has 0 spiro atoms. The maximum absolute atomic E-state index is 10.1. The lowest BCUT2D eigenvalue weighted by Crippen LogP contribution is -2.06. The minimum atomic E-state index is -0.717. The van der Waals surface area contributed by atoms with Crippen LogP contribution in [0.25, 0.3) is 0 Å². The van der Waals surface area contributed by atoms with E-state index >= 15 is 0 Å². The molecule has 2 rings (SSSR count). The molecule has 90 valence electrons.